The molecule has 0 bridgehead atoms. The second kappa shape index (κ2) is 8.63. The first kappa shape index (κ1) is 21.1. The van der Waals surface area contributed by atoms with Crippen LogP contribution in [0.2, 0.25) is 0 Å². The molecule has 32 heavy (non-hydrogen) atoms. The normalized spacial score (nSPS) is 18.6. The minimum atomic E-state index is -3.04. The largest absolute Gasteiger partial charge is 0.377 e. The molecule has 5 rings (SSSR count). The molecule has 1 fully saturated rings. The van der Waals surface area contributed by atoms with Gasteiger partial charge in [-0.05, 0) is 30.7 Å². The molecule has 0 saturated carbocycles. The van der Waals surface area contributed by atoms with Crippen LogP contribution in [0.3, 0.4) is 0 Å². The minimum absolute atomic E-state index is 0.0291. The molecule has 166 valence electrons. The lowest BCUT2D eigenvalue weighted by molar-refractivity contribution is 0.0985. The van der Waals surface area contributed by atoms with Crippen molar-refractivity contribution >= 4 is 28.3 Å². The fraction of sp³-hybridized carbons (Fsp3) is 0.292. The van der Waals surface area contributed by atoms with Gasteiger partial charge in [0.25, 0.3) is 0 Å². The summed E-state index contributed by atoms with van der Waals surface area (Å²) in [5.41, 5.74) is 3.58. The monoisotopic (exact) mass is 450 g/mol. The van der Waals surface area contributed by atoms with Crippen molar-refractivity contribution in [2.24, 2.45) is 4.99 Å². The third-order valence-electron chi connectivity index (χ3n) is 5.78. The van der Waals surface area contributed by atoms with E-state index in [9.17, 15) is 9.11 Å². The Labute approximate surface area is 189 Å². The van der Waals surface area contributed by atoms with Crippen LogP contribution >= 0.6 is 10.6 Å². The predicted octanol–water partition coefficient (Wildman–Crippen LogP) is 4.94. The molecule has 8 heteroatoms. The highest BCUT2D eigenvalue weighted by Crippen LogP contribution is 2.50. The van der Waals surface area contributed by atoms with E-state index in [1.165, 1.54) is 5.56 Å². The second-order valence-corrected chi connectivity index (χ2v) is 10.2. The fourth-order valence-corrected chi connectivity index (χ4v) is 5.39. The zero-order chi connectivity index (χ0) is 22.1. The Morgan fingerprint density at radius 1 is 1.09 bits per heavy atom. The Kier molecular flexibility index (Phi) is 5.69. The van der Waals surface area contributed by atoms with Crippen LogP contribution < -0.4 is 4.90 Å². The highest BCUT2D eigenvalue weighted by atomic mass is 32.3. The number of fused-ring (bicyclic) bond motifs is 1. The number of hydrogen-bond acceptors (Lipinski definition) is 7. The van der Waals surface area contributed by atoms with Crippen LogP contribution in [0.15, 0.2) is 64.5 Å². The third kappa shape index (κ3) is 4.27. The first-order chi connectivity index (χ1) is 15.5. The maximum atomic E-state index is 10.9. The van der Waals surface area contributed by atoms with Crippen LogP contribution in [0.1, 0.15) is 18.2 Å². The van der Waals surface area contributed by atoms with Gasteiger partial charge >= 0.3 is 0 Å². The molecular weight excluding hydrogens is 424 g/mol. The Morgan fingerprint density at radius 2 is 1.94 bits per heavy atom. The molecular formula is C24H26N4O3S. The molecule has 3 aromatic rings. The quantitative estimate of drug-likeness (QED) is 0.572. The Balaban J connectivity index is 1.56. The summed E-state index contributed by atoms with van der Waals surface area (Å²) in [5.74, 6) is 1.36. The van der Waals surface area contributed by atoms with Gasteiger partial charge in [-0.1, -0.05) is 30.3 Å². The molecule has 2 N–H and O–H groups in total. The van der Waals surface area contributed by atoms with E-state index in [4.69, 9.17) is 14.7 Å². The Hall–Kier alpha value is -2.78. The van der Waals surface area contributed by atoms with Gasteiger partial charge in [-0.2, -0.15) is 10.6 Å². The Bertz CT molecular complexity index is 1150. The van der Waals surface area contributed by atoms with Gasteiger partial charge < -0.3 is 9.64 Å². The van der Waals surface area contributed by atoms with Crippen molar-refractivity contribution in [2.75, 3.05) is 24.7 Å². The number of rotatable bonds is 5. The number of aliphatic imine (C=N–C) groups is 1. The van der Waals surface area contributed by atoms with Crippen LogP contribution in [0, 0.1) is 0 Å². The van der Waals surface area contributed by atoms with Gasteiger partial charge in [0.05, 0.1) is 41.3 Å². The maximum absolute atomic E-state index is 10.9. The molecule has 0 aliphatic carbocycles. The second-order valence-electron chi connectivity index (χ2n) is 8.14. The molecule has 2 aliphatic heterocycles. The van der Waals surface area contributed by atoms with E-state index >= 15 is 0 Å². The summed E-state index contributed by atoms with van der Waals surface area (Å²) in [4.78, 5) is 16.7. The van der Waals surface area contributed by atoms with Gasteiger partial charge in [-0.3, -0.25) is 14.1 Å². The van der Waals surface area contributed by atoms with Crippen molar-refractivity contribution in [3.63, 3.8) is 0 Å². The average Bonchev–Trinajstić information content (AvgIpc) is 3.27. The zero-order valence-electron chi connectivity index (χ0n) is 17.9. The van der Waals surface area contributed by atoms with E-state index in [0.717, 1.165) is 30.0 Å². The minimum Gasteiger partial charge on any atom is -0.377 e. The predicted molar refractivity (Wildman–Crippen MR) is 128 cm³/mol. The zero-order valence-corrected chi connectivity index (χ0v) is 18.7. The highest BCUT2D eigenvalue weighted by Gasteiger charge is 2.24. The lowest BCUT2D eigenvalue weighted by atomic mass is 10.1. The van der Waals surface area contributed by atoms with Crippen molar-refractivity contribution in [3.05, 3.63) is 65.9 Å². The van der Waals surface area contributed by atoms with Crippen molar-refractivity contribution in [1.82, 2.24) is 9.97 Å². The van der Waals surface area contributed by atoms with E-state index in [2.05, 4.69) is 22.9 Å². The molecule has 2 aliphatic rings. The average molecular weight is 451 g/mol. The summed E-state index contributed by atoms with van der Waals surface area (Å²) in [6, 6.07) is 17.0. The molecule has 3 heterocycles. The number of ether oxygens (including phenoxy) is 1. The van der Waals surface area contributed by atoms with Gasteiger partial charge in [-0.25, -0.2) is 9.97 Å². The molecule has 1 saturated heterocycles. The van der Waals surface area contributed by atoms with E-state index in [1.807, 2.05) is 30.5 Å². The first-order valence-corrected chi connectivity index (χ1v) is 12.4. The maximum Gasteiger partial charge on any atom is 0.161 e. The molecule has 2 aromatic carbocycles. The van der Waals surface area contributed by atoms with Gasteiger partial charge in [0, 0.05) is 30.8 Å². The van der Waals surface area contributed by atoms with Crippen LogP contribution in [0.25, 0.3) is 11.4 Å². The molecule has 0 amide bonds. The van der Waals surface area contributed by atoms with Crippen LogP contribution in [0.4, 0.5) is 11.5 Å². The molecule has 0 radical (unpaired) electrons. The number of anilines is 1. The van der Waals surface area contributed by atoms with E-state index in [0.29, 0.717) is 29.6 Å². The van der Waals surface area contributed by atoms with Gasteiger partial charge in [0.1, 0.15) is 5.82 Å². The summed E-state index contributed by atoms with van der Waals surface area (Å²) in [6.45, 7) is 4.08. The highest BCUT2D eigenvalue weighted by molar-refractivity contribution is 8.23. The van der Waals surface area contributed by atoms with Crippen LogP contribution in [-0.2, 0) is 16.9 Å². The van der Waals surface area contributed by atoms with Gasteiger partial charge in [0.15, 0.2) is 5.82 Å². The van der Waals surface area contributed by atoms with Crippen molar-refractivity contribution in [1.29, 1.82) is 0 Å². The van der Waals surface area contributed by atoms with Crippen LogP contribution in [-0.4, -0.2) is 51.1 Å². The summed E-state index contributed by atoms with van der Waals surface area (Å²) >= 11 is 0. The number of nitrogens with zero attached hydrogens (tertiary/aromatic N) is 4. The molecule has 0 spiro atoms. The molecule has 7 nitrogen and oxygen atoms in total. The molecule has 0 unspecified atom stereocenters. The number of morpholine rings is 1. The van der Waals surface area contributed by atoms with E-state index in [1.54, 1.807) is 24.3 Å². The standard InChI is InChI=1S/C24H26N4O3S/c1-17-15-31-12-11-28(17)23-14-20(16-32(29,30)21-5-3-2-4-6-21)26-24(27-23)19-8-7-18-9-10-25-22(18)13-19/h2-8,10,13-14,17,29-30H,9,11-12,15-16H2,1H3/t17-/m0/s1. The number of aromatic nitrogens is 2. The number of benzene rings is 2. The molecule has 1 atom stereocenters. The van der Waals surface area contributed by atoms with Crippen molar-refractivity contribution < 1.29 is 13.8 Å². The first-order valence-electron chi connectivity index (χ1n) is 10.7. The van der Waals surface area contributed by atoms with Crippen molar-refractivity contribution in [2.45, 2.75) is 30.0 Å². The van der Waals surface area contributed by atoms with E-state index < -0.39 is 10.6 Å². The summed E-state index contributed by atoms with van der Waals surface area (Å²) in [7, 11) is -3.04. The lowest BCUT2D eigenvalue weighted by Crippen LogP contribution is -2.44. The third-order valence-corrected chi connectivity index (χ3v) is 7.51. The SMILES string of the molecule is C[C@H]1COCCN1c1cc(CS(O)(O)c2ccccc2)nc(-c2ccc3c(c2)N=CC3)n1. The Morgan fingerprint density at radius 3 is 2.75 bits per heavy atom. The van der Waals surface area contributed by atoms with Gasteiger partial charge in [0.2, 0.25) is 0 Å². The van der Waals surface area contributed by atoms with E-state index in [-0.39, 0.29) is 11.8 Å². The molecule has 1 aromatic heterocycles. The summed E-state index contributed by atoms with van der Waals surface area (Å²) in [6.07, 6.45) is 2.74. The van der Waals surface area contributed by atoms with Crippen LogP contribution in [0.5, 0.6) is 0 Å². The number of hydrogen-bond donors (Lipinski definition) is 2. The van der Waals surface area contributed by atoms with Crippen molar-refractivity contribution in [3.8, 4) is 11.4 Å². The smallest absolute Gasteiger partial charge is 0.161 e. The fourth-order valence-electron chi connectivity index (χ4n) is 4.07. The topological polar surface area (TPSA) is 91.1 Å². The van der Waals surface area contributed by atoms with Gasteiger partial charge in [-0.15, -0.1) is 0 Å². The summed E-state index contributed by atoms with van der Waals surface area (Å²) in [5, 5.41) is 0. The lowest BCUT2D eigenvalue weighted by Gasteiger charge is -2.35. The summed E-state index contributed by atoms with van der Waals surface area (Å²) < 4.78 is 27.4.